The van der Waals surface area contributed by atoms with Crippen molar-refractivity contribution in [1.82, 2.24) is 20.1 Å². The molecule has 2 aromatic carbocycles. The lowest BCUT2D eigenvalue weighted by Gasteiger charge is -2.33. The third-order valence-corrected chi connectivity index (χ3v) is 8.49. The van der Waals surface area contributed by atoms with Gasteiger partial charge in [-0.05, 0) is 49.3 Å². The highest BCUT2D eigenvalue weighted by atomic mass is 16.3. The zero-order valence-corrected chi connectivity index (χ0v) is 23.7. The number of carbonyl (C=O) groups excluding carboxylic acids is 2. The highest BCUT2D eigenvalue weighted by Gasteiger charge is 2.39. The number of rotatable bonds is 13. The molecular weight excluding hydrogens is 500 g/mol. The van der Waals surface area contributed by atoms with Gasteiger partial charge in [-0.2, -0.15) is 0 Å². The van der Waals surface area contributed by atoms with Crippen LogP contribution in [0.25, 0.3) is 10.9 Å². The van der Waals surface area contributed by atoms with E-state index in [1.165, 1.54) is 29.3 Å². The number of nitrogens with zero attached hydrogens (tertiary/aromatic N) is 2. The minimum atomic E-state index is -0.283. The normalized spacial score (nSPS) is 19.9. The van der Waals surface area contributed by atoms with E-state index in [2.05, 4.69) is 57.5 Å². The van der Waals surface area contributed by atoms with Gasteiger partial charge in [0.1, 0.15) is 0 Å². The van der Waals surface area contributed by atoms with E-state index in [1.54, 1.807) is 0 Å². The summed E-state index contributed by atoms with van der Waals surface area (Å²) in [6, 6.07) is 18.3. The van der Waals surface area contributed by atoms with Crippen molar-refractivity contribution in [3.8, 4) is 0 Å². The minimum absolute atomic E-state index is 0.00473. The molecule has 0 bridgehead atoms. The van der Waals surface area contributed by atoms with E-state index in [0.717, 1.165) is 31.4 Å². The Bertz CT molecular complexity index is 1270. The second kappa shape index (κ2) is 13.5. The maximum Gasteiger partial charge on any atom is 0.227 e. The molecule has 3 unspecified atom stereocenters. The number of aliphatic hydroxyl groups is 1. The summed E-state index contributed by atoms with van der Waals surface area (Å²) in [6.07, 6.45) is 8.91. The van der Waals surface area contributed by atoms with Crippen LogP contribution in [0.1, 0.15) is 69.0 Å². The highest BCUT2D eigenvalue weighted by Crippen LogP contribution is 2.33. The van der Waals surface area contributed by atoms with Crippen LogP contribution in [0.4, 0.5) is 0 Å². The van der Waals surface area contributed by atoms with Crippen LogP contribution in [0.5, 0.6) is 0 Å². The number of piperidine rings is 1. The molecule has 1 aromatic heterocycles. The van der Waals surface area contributed by atoms with Crippen LogP contribution in [-0.4, -0.2) is 52.1 Å². The molecule has 5 rings (SSSR count). The van der Waals surface area contributed by atoms with Crippen LogP contribution in [0.2, 0.25) is 0 Å². The molecule has 1 saturated carbocycles. The smallest absolute Gasteiger partial charge is 0.227 e. The Morgan fingerprint density at radius 2 is 1.80 bits per heavy atom. The second-order valence-electron chi connectivity index (χ2n) is 11.5. The van der Waals surface area contributed by atoms with E-state index < -0.39 is 0 Å². The van der Waals surface area contributed by atoms with Crippen LogP contribution in [0.3, 0.4) is 0 Å². The number of benzene rings is 2. The summed E-state index contributed by atoms with van der Waals surface area (Å²) >= 11 is 0. The average Bonchev–Trinajstić information content (AvgIpc) is 3.78. The maximum atomic E-state index is 14.0. The molecule has 0 spiro atoms. The molecule has 0 radical (unpaired) electrons. The predicted molar refractivity (Wildman–Crippen MR) is 159 cm³/mol. The van der Waals surface area contributed by atoms with Crippen LogP contribution in [-0.2, 0) is 22.7 Å². The number of amides is 2. The Hall–Kier alpha value is -3.16. The standard InChI is InChI=1S/C33H44N4O3/c1-2-3-9-17-36-22-27(29-12-7-8-13-31(29)36)23-37(28-14-15-28)33(40)26-19-25(20-34-21-26)32(39)35-30(16-18-38)24-10-5-4-6-11-24/h4-8,10-13,22,25-26,28,30,34,38H,2-3,9,14-21,23H2,1H3,(H,35,39). The van der Waals surface area contributed by atoms with E-state index in [4.69, 9.17) is 0 Å². The third-order valence-electron chi connectivity index (χ3n) is 8.49. The number of para-hydroxylation sites is 1. The number of carbonyl (C=O) groups is 2. The summed E-state index contributed by atoms with van der Waals surface area (Å²) < 4.78 is 2.36. The molecule has 214 valence electrons. The highest BCUT2D eigenvalue weighted by molar-refractivity contribution is 5.86. The van der Waals surface area contributed by atoms with Crippen molar-refractivity contribution in [3.05, 3.63) is 71.9 Å². The zero-order valence-electron chi connectivity index (χ0n) is 23.7. The van der Waals surface area contributed by atoms with Crippen molar-refractivity contribution in [3.63, 3.8) is 0 Å². The Morgan fingerprint density at radius 1 is 1.05 bits per heavy atom. The summed E-state index contributed by atoms with van der Waals surface area (Å²) in [4.78, 5) is 29.4. The summed E-state index contributed by atoms with van der Waals surface area (Å²) in [6.45, 7) is 4.99. The van der Waals surface area contributed by atoms with Crippen molar-refractivity contribution in [2.75, 3.05) is 19.7 Å². The Balaban J connectivity index is 1.27. The number of aliphatic hydroxyl groups excluding tert-OH is 1. The molecule has 3 N–H and O–H groups in total. The van der Waals surface area contributed by atoms with Crippen LogP contribution in [0, 0.1) is 11.8 Å². The van der Waals surface area contributed by atoms with Crippen LogP contribution in [0.15, 0.2) is 60.8 Å². The Morgan fingerprint density at radius 3 is 2.55 bits per heavy atom. The zero-order chi connectivity index (χ0) is 27.9. The topological polar surface area (TPSA) is 86.6 Å². The van der Waals surface area contributed by atoms with Gasteiger partial charge in [-0.25, -0.2) is 0 Å². The first-order valence-electron chi connectivity index (χ1n) is 15.1. The minimum Gasteiger partial charge on any atom is -0.396 e. The molecule has 2 fully saturated rings. The van der Waals surface area contributed by atoms with E-state index in [9.17, 15) is 14.7 Å². The summed E-state index contributed by atoms with van der Waals surface area (Å²) in [7, 11) is 0. The van der Waals surface area contributed by atoms with Gasteiger partial charge in [0.25, 0.3) is 0 Å². The number of hydrogen-bond acceptors (Lipinski definition) is 4. The summed E-state index contributed by atoms with van der Waals surface area (Å²) in [5.74, 6) is -0.407. The van der Waals surface area contributed by atoms with Crippen molar-refractivity contribution in [1.29, 1.82) is 0 Å². The van der Waals surface area contributed by atoms with Gasteiger partial charge >= 0.3 is 0 Å². The summed E-state index contributed by atoms with van der Waals surface area (Å²) in [5, 5.41) is 17.3. The Kier molecular flexibility index (Phi) is 9.55. The molecule has 1 aliphatic carbocycles. The fourth-order valence-electron chi connectivity index (χ4n) is 6.11. The van der Waals surface area contributed by atoms with Crippen molar-refractivity contribution >= 4 is 22.7 Å². The number of aryl methyl sites for hydroxylation is 1. The third kappa shape index (κ3) is 6.76. The van der Waals surface area contributed by atoms with Gasteiger partial charge in [0.05, 0.1) is 17.9 Å². The van der Waals surface area contributed by atoms with Crippen LogP contribution >= 0.6 is 0 Å². The predicted octanol–water partition coefficient (Wildman–Crippen LogP) is 4.79. The first kappa shape index (κ1) is 28.4. The molecule has 1 aliphatic heterocycles. The molecule has 40 heavy (non-hydrogen) atoms. The lowest BCUT2D eigenvalue weighted by Crippen LogP contribution is -2.50. The van der Waals surface area contributed by atoms with Gasteiger partial charge < -0.3 is 25.2 Å². The molecule has 7 heteroatoms. The molecule has 7 nitrogen and oxygen atoms in total. The first-order valence-corrected chi connectivity index (χ1v) is 15.1. The molecule has 2 aliphatic rings. The lowest BCUT2D eigenvalue weighted by atomic mass is 9.88. The van der Waals surface area contributed by atoms with Gasteiger partial charge in [0.15, 0.2) is 0 Å². The summed E-state index contributed by atoms with van der Waals surface area (Å²) in [5.41, 5.74) is 3.43. The van der Waals surface area contributed by atoms with Crippen molar-refractivity contribution in [2.45, 2.75) is 77.0 Å². The monoisotopic (exact) mass is 544 g/mol. The molecule has 2 amide bonds. The van der Waals surface area contributed by atoms with Crippen molar-refractivity contribution in [2.24, 2.45) is 11.8 Å². The average molecular weight is 545 g/mol. The fraction of sp³-hybridized carbons (Fsp3) is 0.515. The number of unbranched alkanes of at least 4 members (excludes halogenated alkanes) is 2. The quantitative estimate of drug-likeness (QED) is 0.270. The maximum absolute atomic E-state index is 14.0. The first-order chi connectivity index (χ1) is 19.6. The molecular formula is C33H44N4O3. The molecule has 1 saturated heterocycles. The fourth-order valence-corrected chi connectivity index (χ4v) is 6.11. The lowest BCUT2D eigenvalue weighted by molar-refractivity contribution is -0.138. The Labute approximate surface area is 237 Å². The molecule has 2 heterocycles. The van der Waals surface area contributed by atoms with E-state index in [0.29, 0.717) is 32.5 Å². The van der Waals surface area contributed by atoms with Gasteiger partial charge in [0.2, 0.25) is 11.8 Å². The van der Waals surface area contributed by atoms with Gasteiger partial charge in [-0.1, -0.05) is 68.3 Å². The van der Waals surface area contributed by atoms with Gasteiger partial charge in [0, 0.05) is 55.9 Å². The van der Waals surface area contributed by atoms with Crippen LogP contribution < -0.4 is 10.6 Å². The number of nitrogens with one attached hydrogen (secondary N) is 2. The molecule has 3 atom stereocenters. The van der Waals surface area contributed by atoms with E-state index in [-0.39, 0.29) is 42.3 Å². The number of fused-ring (bicyclic) bond motifs is 1. The SMILES string of the molecule is CCCCCn1cc(CN(C(=O)C2CNCC(C(=O)NC(CCO)c3ccccc3)C2)C2CC2)c2ccccc21. The largest absolute Gasteiger partial charge is 0.396 e. The number of hydrogen-bond donors (Lipinski definition) is 3. The van der Waals surface area contributed by atoms with Gasteiger partial charge in [-0.3, -0.25) is 9.59 Å². The number of aromatic nitrogens is 1. The second-order valence-corrected chi connectivity index (χ2v) is 11.5. The van der Waals surface area contributed by atoms with E-state index >= 15 is 0 Å². The van der Waals surface area contributed by atoms with Gasteiger partial charge in [-0.15, -0.1) is 0 Å². The van der Waals surface area contributed by atoms with E-state index in [1.807, 2.05) is 30.3 Å². The van der Waals surface area contributed by atoms with Crippen molar-refractivity contribution < 1.29 is 14.7 Å². The molecule has 3 aromatic rings.